The van der Waals surface area contributed by atoms with Crippen LogP contribution in [0.25, 0.3) is 22.5 Å². The van der Waals surface area contributed by atoms with Crippen LogP contribution in [0.1, 0.15) is 16.1 Å². The normalized spacial score (nSPS) is 10.9. The number of H-pyrrole nitrogens is 1. The molecule has 0 saturated carbocycles. The third-order valence-corrected chi connectivity index (χ3v) is 4.40. The fraction of sp³-hybridized carbons (Fsp3) is 0.0556. The van der Waals surface area contributed by atoms with Gasteiger partial charge < -0.3 is 9.67 Å². The molecule has 4 rings (SSSR count). The minimum Gasteiger partial charge on any atom is -0.476 e. The first-order valence-corrected chi connectivity index (χ1v) is 8.37. The van der Waals surface area contributed by atoms with Crippen LogP contribution in [0, 0.1) is 0 Å². The number of halogens is 1. The molecule has 2 N–H and O–H groups in total. The number of aromatic amines is 1. The number of tetrazole rings is 1. The maximum atomic E-state index is 11.3. The van der Waals surface area contributed by atoms with Gasteiger partial charge in [-0.05, 0) is 21.9 Å². The SMILES string of the molecule is O=C(O)c1c(Cl)ncn1Cc1ccc(-c2ccccc2-c2nn[nH]n2)cc1. The first-order valence-electron chi connectivity index (χ1n) is 7.99. The Balaban J connectivity index is 1.64. The highest BCUT2D eigenvalue weighted by Crippen LogP contribution is 2.29. The van der Waals surface area contributed by atoms with E-state index in [2.05, 4.69) is 25.6 Å². The fourth-order valence-electron chi connectivity index (χ4n) is 2.88. The summed E-state index contributed by atoms with van der Waals surface area (Å²) in [4.78, 5) is 15.2. The summed E-state index contributed by atoms with van der Waals surface area (Å²) in [6, 6.07) is 15.6. The van der Waals surface area contributed by atoms with E-state index in [-0.39, 0.29) is 10.8 Å². The molecule has 0 amide bonds. The molecule has 0 fully saturated rings. The molecule has 4 aromatic rings. The maximum Gasteiger partial charge on any atom is 0.355 e. The van der Waals surface area contributed by atoms with Crippen LogP contribution >= 0.6 is 11.6 Å². The number of imidazole rings is 1. The second kappa shape index (κ2) is 7.00. The van der Waals surface area contributed by atoms with Crippen LogP contribution in [0.3, 0.4) is 0 Å². The molecule has 0 radical (unpaired) electrons. The molecule has 2 aromatic heterocycles. The summed E-state index contributed by atoms with van der Waals surface area (Å²) >= 11 is 5.85. The summed E-state index contributed by atoms with van der Waals surface area (Å²) in [5, 5.41) is 23.4. The number of aromatic nitrogens is 6. The summed E-state index contributed by atoms with van der Waals surface area (Å²) < 4.78 is 1.51. The van der Waals surface area contributed by atoms with Crippen LogP contribution in [-0.2, 0) is 6.54 Å². The highest BCUT2D eigenvalue weighted by atomic mass is 35.5. The molecule has 27 heavy (non-hydrogen) atoms. The molecule has 0 atom stereocenters. The second-order valence-electron chi connectivity index (χ2n) is 5.79. The third-order valence-electron chi connectivity index (χ3n) is 4.13. The highest BCUT2D eigenvalue weighted by Gasteiger charge is 2.16. The molecule has 2 heterocycles. The molecular formula is C18H13ClN6O2. The highest BCUT2D eigenvalue weighted by molar-refractivity contribution is 6.32. The molecule has 8 nitrogen and oxygen atoms in total. The van der Waals surface area contributed by atoms with Crippen molar-refractivity contribution in [1.82, 2.24) is 30.2 Å². The van der Waals surface area contributed by atoms with Crippen molar-refractivity contribution in [3.63, 3.8) is 0 Å². The molecule has 0 bridgehead atoms. The summed E-state index contributed by atoms with van der Waals surface area (Å²) in [6.45, 7) is 0.355. The largest absolute Gasteiger partial charge is 0.476 e. The van der Waals surface area contributed by atoms with Crippen molar-refractivity contribution < 1.29 is 9.90 Å². The standard InChI is InChI=1S/C18H13ClN6O2/c19-16-15(18(26)27)25(10-20-16)9-11-5-7-12(8-6-11)13-3-1-2-4-14(13)17-21-23-24-22-17/h1-8,10H,9H2,(H,26,27)(H,21,22,23,24). The first kappa shape index (κ1) is 16.9. The minimum atomic E-state index is -1.11. The van der Waals surface area contributed by atoms with Gasteiger partial charge in [-0.3, -0.25) is 0 Å². The van der Waals surface area contributed by atoms with Gasteiger partial charge in [0.25, 0.3) is 0 Å². The quantitative estimate of drug-likeness (QED) is 0.550. The number of hydrogen-bond acceptors (Lipinski definition) is 5. The minimum absolute atomic E-state index is 0.0202. The first-order chi connectivity index (χ1) is 13.1. The molecule has 9 heteroatoms. The Morgan fingerprint density at radius 2 is 1.85 bits per heavy atom. The molecule has 2 aromatic carbocycles. The number of carboxylic acid groups (broad SMARTS) is 1. The topological polar surface area (TPSA) is 110 Å². The van der Waals surface area contributed by atoms with Crippen molar-refractivity contribution >= 4 is 17.6 Å². The van der Waals surface area contributed by atoms with Crippen LogP contribution in [0.15, 0.2) is 54.9 Å². The lowest BCUT2D eigenvalue weighted by atomic mass is 9.98. The number of nitrogens with zero attached hydrogens (tertiary/aromatic N) is 5. The Morgan fingerprint density at radius 3 is 2.52 bits per heavy atom. The number of aromatic carboxylic acids is 1. The van der Waals surface area contributed by atoms with E-state index in [1.54, 1.807) is 0 Å². The maximum absolute atomic E-state index is 11.3. The fourth-order valence-corrected chi connectivity index (χ4v) is 3.11. The van der Waals surface area contributed by atoms with Crippen molar-refractivity contribution in [2.75, 3.05) is 0 Å². The summed E-state index contributed by atoms with van der Waals surface area (Å²) in [7, 11) is 0. The van der Waals surface area contributed by atoms with Gasteiger partial charge in [0, 0.05) is 12.1 Å². The Bertz CT molecular complexity index is 1090. The van der Waals surface area contributed by atoms with Crippen LogP contribution in [0.4, 0.5) is 0 Å². The van der Waals surface area contributed by atoms with E-state index in [1.807, 2.05) is 48.5 Å². The average molecular weight is 381 g/mol. The summed E-state index contributed by atoms with van der Waals surface area (Å²) in [5.74, 6) is -0.586. The van der Waals surface area contributed by atoms with E-state index < -0.39 is 5.97 Å². The van der Waals surface area contributed by atoms with E-state index in [1.165, 1.54) is 10.9 Å². The Labute approximate surface area is 158 Å². The molecule has 0 spiro atoms. The van der Waals surface area contributed by atoms with Gasteiger partial charge in [-0.2, -0.15) is 5.21 Å². The van der Waals surface area contributed by atoms with Gasteiger partial charge in [0.05, 0.1) is 6.33 Å². The van der Waals surface area contributed by atoms with Crippen molar-refractivity contribution in [3.8, 4) is 22.5 Å². The lowest BCUT2D eigenvalue weighted by Crippen LogP contribution is -2.09. The number of carboxylic acids is 1. The van der Waals surface area contributed by atoms with E-state index in [0.717, 1.165) is 22.3 Å². The zero-order valence-corrected chi connectivity index (χ0v) is 14.6. The molecule has 0 unspecified atom stereocenters. The van der Waals surface area contributed by atoms with Gasteiger partial charge in [-0.25, -0.2) is 9.78 Å². The van der Waals surface area contributed by atoms with E-state index in [0.29, 0.717) is 12.4 Å². The predicted octanol–water partition coefficient (Wildman–Crippen LogP) is 3.13. The van der Waals surface area contributed by atoms with Crippen LogP contribution in [0.2, 0.25) is 5.15 Å². The van der Waals surface area contributed by atoms with Crippen LogP contribution in [-0.4, -0.2) is 41.3 Å². The van der Waals surface area contributed by atoms with Crippen LogP contribution < -0.4 is 0 Å². The molecule has 0 aliphatic heterocycles. The van der Waals surface area contributed by atoms with Gasteiger partial charge in [0.1, 0.15) is 0 Å². The number of nitrogens with one attached hydrogen (secondary N) is 1. The zero-order valence-electron chi connectivity index (χ0n) is 13.9. The molecule has 0 saturated heterocycles. The smallest absolute Gasteiger partial charge is 0.355 e. The van der Waals surface area contributed by atoms with Gasteiger partial charge >= 0.3 is 5.97 Å². The summed E-state index contributed by atoms with van der Waals surface area (Å²) in [6.07, 6.45) is 1.42. The lowest BCUT2D eigenvalue weighted by molar-refractivity contribution is 0.0686. The van der Waals surface area contributed by atoms with Crippen LogP contribution in [0.5, 0.6) is 0 Å². The van der Waals surface area contributed by atoms with E-state index in [9.17, 15) is 9.90 Å². The van der Waals surface area contributed by atoms with Gasteiger partial charge in [-0.1, -0.05) is 60.1 Å². The number of rotatable bonds is 5. The number of benzene rings is 2. The van der Waals surface area contributed by atoms with Gasteiger partial charge in [0.15, 0.2) is 10.8 Å². The molecular weight excluding hydrogens is 368 g/mol. The molecule has 0 aliphatic rings. The van der Waals surface area contributed by atoms with Gasteiger partial charge in [0.2, 0.25) is 5.82 Å². The average Bonchev–Trinajstić information content (AvgIpc) is 3.32. The zero-order chi connectivity index (χ0) is 18.8. The molecule has 134 valence electrons. The Hall–Kier alpha value is -3.52. The third kappa shape index (κ3) is 3.30. The predicted molar refractivity (Wildman–Crippen MR) is 98.3 cm³/mol. The number of hydrogen-bond donors (Lipinski definition) is 2. The second-order valence-corrected chi connectivity index (χ2v) is 6.15. The number of carbonyl (C=O) groups is 1. The van der Waals surface area contributed by atoms with E-state index in [4.69, 9.17) is 11.6 Å². The van der Waals surface area contributed by atoms with Gasteiger partial charge in [-0.15, -0.1) is 10.2 Å². The monoisotopic (exact) mass is 380 g/mol. The van der Waals surface area contributed by atoms with Crippen molar-refractivity contribution in [2.24, 2.45) is 0 Å². The molecule has 0 aliphatic carbocycles. The lowest BCUT2D eigenvalue weighted by Gasteiger charge is -2.09. The Kier molecular flexibility index (Phi) is 4.39. The van der Waals surface area contributed by atoms with Crippen molar-refractivity contribution in [1.29, 1.82) is 0 Å². The van der Waals surface area contributed by atoms with E-state index >= 15 is 0 Å². The Morgan fingerprint density at radius 1 is 1.11 bits per heavy atom. The summed E-state index contributed by atoms with van der Waals surface area (Å²) in [5.41, 5.74) is 3.73. The van der Waals surface area contributed by atoms with Crippen molar-refractivity contribution in [3.05, 3.63) is 71.3 Å². The van der Waals surface area contributed by atoms with Crippen molar-refractivity contribution in [2.45, 2.75) is 6.54 Å².